The van der Waals surface area contributed by atoms with Crippen LogP contribution in [0.2, 0.25) is 0 Å². The number of fused-ring (bicyclic) bond motifs is 1. The minimum Gasteiger partial charge on any atom is -0.338 e. The molecule has 0 radical (unpaired) electrons. The summed E-state index contributed by atoms with van der Waals surface area (Å²) in [5, 5.41) is 4.14. The highest BCUT2D eigenvalue weighted by Gasteiger charge is 2.10. The van der Waals surface area contributed by atoms with Gasteiger partial charge in [0.05, 0.1) is 0 Å². The number of rotatable bonds is 3. The zero-order valence-electron chi connectivity index (χ0n) is 12.9. The maximum atomic E-state index is 12.4. The van der Waals surface area contributed by atoms with Crippen LogP contribution in [-0.2, 0) is 11.3 Å². The monoisotopic (exact) mass is 434 g/mol. The van der Waals surface area contributed by atoms with E-state index in [1.165, 1.54) is 0 Å². The molecule has 118 valence electrons. The lowest BCUT2D eigenvalue weighted by Gasteiger charge is -2.13. The zero-order valence-corrected chi connectivity index (χ0v) is 16.0. The first-order valence-corrected chi connectivity index (χ1v) is 8.83. The van der Waals surface area contributed by atoms with Crippen LogP contribution in [0, 0.1) is 13.8 Å². The third-order valence-corrected chi connectivity index (χ3v) is 4.76. The van der Waals surface area contributed by atoms with Crippen LogP contribution in [0.25, 0.3) is 10.9 Å². The first-order valence-electron chi connectivity index (χ1n) is 7.25. The fourth-order valence-corrected chi connectivity index (χ4v) is 3.82. The number of hydrogen-bond acceptors (Lipinski definition) is 1. The molecule has 1 aromatic heterocycles. The summed E-state index contributed by atoms with van der Waals surface area (Å²) < 4.78 is 4.02. The summed E-state index contributed by atoms with van der Waals surface area (Å²) in [5.41, 5.74) is 4.03. The molecule has 1 amide bonds. The molecule has 3 aromatic rings. The van der Waals surface area contributed by atoms with Gasteiger partial charge in [-0.1, -0.05) is 31.9 Å². The average Bonchev–Trinajstić information content (AvgIpc) is 2.85. The van der Waals surface area contributed by atoms with E-state index in [0.29, 0.717) is 6.54 Å². The topological polar surface area (TPSA) is 34.0 Å². The molecular formula is C18H16Br2N2O. The second-order valence-corrected chi connectivity index (χ2v) is 7.44. The third-order valence-electron chi connectivity index (χ3n) is 3.81. The highest BCUT2D eigenvalue weighted by atomic mass is 79.9. The van der Waals surface area contributed by atoms with Crippen LogP contribution in [0.5, 0.6) is 0 Å². The molecule has 1 heterocycles. The van der Waals surface area contributed by atoms with Crippen LogP contribution >= 0.6 is 31.9 Å². The number of amides is 1. The third kappa shape index (κ3) is 3.51. The van der Waals surface area contributed by atoms with Crippen LogP contribution in [0.4, 0.5) is 5.69 Å². The summed E-state index contributed by atoms with van der Waals surface area (Å²) in [6.07, 6.45) is 1.94. The maximum Gasteiger partial charge on any atom is 0.244 e. The molecule has 2 aromatic carbocycles. The number of aryl methyl sites for hydroxylation is 2. The quantitative estimate of drug-likeness (QED) is 0.585. The smallest absolute Gasteiger partial charge is 0.244 e. The SMILES string of the molecule is Cc1cc(Br)cc(C)c1NC(=O)Cn1ccc2cc(Br)ccc21. The van der Waals surface area contributed by atoms with Crippen molar-refractivity contribution in [3.8, 4) is 0 Å². The van der Waals surface area contributed by atoms with Gasteiger partial charge < -0.3 is 9.88 Å². The second kappa shape index (κ2) is 6.49. The molecule has 3 rings (SSSR count). The van der Waals surface area contributed by atoms with Gasteiger partial charge in [-0.2, -0.15) is 0 Å². The van der Waals surface area contributed by atoms with E-state index in [2.05, 4.69) is 37.2 Å². The molecule has 0 saturated heterocycles. The lowest BCUT2D eigenvalue weighted by atomic mass is 10.1. The number of aromatic nitrogens is 1. The summed E-state index contributed by atoms with van der Waals surface area (Å²) >= 11 is 6.94. The summed E-state index contributed by atoms with van der Waals surface area (Å²) in [6.45, 7) is 4.28. The molecule has 23 heavy (non-hydrogen) atoms. The van der Waals surface area contributed by atoms with E-state index in [1.54, 1.807) is 0 Å². The van der Waals surface area contributed by atoms with E-state index in [4.69, 9.17) is 0 Å². The lowest BCUT2D eigenvalue weighted by Crippen LogP contribution is -2.19. The predicted molar refractivity (Wildman–Crippen MR) is 102 cm³/mol. The first kappa shape index (κ1) is 16.3. The largest absolute Gasteiger partial charge is 0.338 e. The zero-order chi connectivity index (χ0) is 16.6. The van der Waals surface area contributed by atoms with Gasteiger partial charge in [-0.15, -0.1) is 0 Å². The van der Waals surface area contributed by atoms with Gasteiger partial charge in [0.1, 0.15) is 6.54 Å². The number of nitrogens with one attached hydrogen (secondary N) is 1. The minimum absolute atomic E-state index is 0.0288. The van der Waals surface area contributed by atoms with E-state index < -0.39 is 0 Å². The molecule has 0 aliphatic rings. The fraction of sp³-hybridized carbons (Fsp3) is 0.167. The van der Waals surface area contributed by atoms with Gasteiger partial charge in [0.2, 0.25) is 5.91 Å². The van der Waals surface area contributed by atoms with Crippen LogP contribution < -0.4 is 5.32 Å². The van der Waals surface area contributed by atoms with Crippen molar-refractivity contribution >= 4 is 54.4 Å². The number of nitrogens with zero attached hydrogens (tertiary/aromatic N) is 1. The van der Waals surface area contributed by atoms with E-state index in [1.807, 2.05) is 61.0 Å². The van der Waals surface area contributed by atoms with Crippen molar-refractivity contribution in [2.24, 2.45) is 0 Å². The van der Waals surface area contributed by atoms with Gasteiger partial charge in [0.15, 0.2) is 0 Å². The molecule has 0 spiro atoms. The molecule has 3 nitrogen and oxygen atoms in total. The summed E-state index contributed by atoms with van der Waals surface area (Å²) in [4.78, 5) is 12.4. The Labute approximate surface area is 151 Å². The van der Waals surface area contributed by atoms with Gasteiger partial charge in [-0.25, -0.2) is 0 Å². The predicted octanol–water partition coefficient (Wildman–Crippen LogP) is 5.42. The summed E-state index contributed by atoms with van der Waals surface area (Å²) in [5.74, 6) is -0.0288. The van der Waals surface area contributed by atoms with Crippen molar-refractivity contribution in [1.29, 1.82) is 0 Å². The number of carbonyl (C=O) groups is 1. The van der Waals surface area contributed by atoms with E-state index in [0.717, 1.165) is 36.7 Å². The minimum atomic E-state index is -0.0288. The molecule has 0 unspecified atom stereocenters. The molecule has 0 bridgehead atoms. The average molecular weight is 436 g/mol. The summed E-state index contributed by atoms with van der Waals surface area (Å²) in [6, 6.07) is 12.1. The number of hydrogen-bond donors (Lipinski definition) is 1. The van der Waals surface area contributed by atoms with E-state index in [9.17, 15) is 4.79 Å². The Morgan fingerprint density at radius 2 is 1.74 bits per heavy atom. The molecule has 0 aliphatic carbocycles. The standard InChI is InChI=1S/C18H16Br2N2O/c1-11-7-15(20)8-12(2)18(11)21-17(23)10-22-6-5-13-9-14(19)3-4-16(13)22/h3-9H,10H2,1-2H3,(H,21,23). The van der Waals surface area contributed by atoms with Crippen molar-refractivity contribution in [3.63, 3.8) is 0 Å². The molecule has 0 aliphatic heterocycles. The normalized spacial score (nSPS) is 11.0. The second-order valence-electron chi connectivity index (χ2n) is 5.61. The molecular weight excluding hydrogens is 420 g/mol. The Morgan fingerprint density at radius 3 is 2.43 bits per heavy atom. The van der Waals surface area contributed by atoms with Crippen LogP contribution in [0.1, 0.15) is 11.1 Å². The van der Waals surface area contributed by atoms with E-state index in [-0.39, 0.29) is 5.91 Å². The highest BCUT2D eigenvalue weighted by molar-refractivity contribution is 9.10. The van der Waals surface area contributed by atoms with Crippen molar-refractivity contribution < 1.29 is 4.79 Å². The molecule has 0 fully saturated rings. The van der Waals surface area contributed by atoms with Crippen LogP contribution in [0.15, 0.2) is 51.5 Å². The number of halogens is 2. The van der Waals surface area contributed by atoms with Crippen molar-refractivity contribution in [2.45, 2.75) is 20.4 Å². The Bertz CT molecular complexity index is 876. The molecule has 0 saturated carbocycles. The lowest BCUT2D eigenvalue weighted by molar-refractivity contribution is -0.116. The number of carbonyl (C=O) groups excluding carboxylic acids is 1. The van der Waals surface area contributed by atoms with E-state index >= 15 is 0 Å². The Balaban J connectivity index is 1.82. The Hall–Kier alpha value is -1.59. The molecule has 5 heteroatoms. The van der Waals surface area contributed by atoms with Crippen molar-refractivity contribution in [3.05, 3.63) is 62.7 Å². The Morgan fingerprint density at radius 1 is 1.04 bits per heavy atom. The molecule has 0 atom stereocenters. The molecule has 1 N–H and O–H groups in total. The maximum absolute atomic E-state index is 12.4. The van der Waals surface area contributed by atoms with Gasteiger partial charge >= 0.3 is 0 Å². The van der Waals surface area contributed by atoms with Gasteiger partial charge in [0, 0.05) is 31.7 Å². The first-order chi connectivity index (χ1) is 10.9. The van der Waals surface area contributed by atoms with Gasteiger partial charge in [-0.05, 0) is 61.4 Å². The number of benzene rings is 2. The van der Waals surface area contributed by atoms with Crippen LogP contribution in [-0.4, -0.2) is 10.5 Å². The van der Waals surface area contributed by atoms with Crippen molar-refractivity contribution in [1.82, 2.24) is 4.57 Å². The van der Waals surface area contributed by atoms with Gasteiger partial charge in [0.25, 0.3) is 0 Å². The van der Waals surface area contributed by atoms with Gasteiger partial charge in [-0.3, -0.25) is 4.79 Å². The summed E-state index contributed by atoms with van der Waals surface area (Å²) in [7, 11) is 0. The highest BCUT2D eigenvalue weighted by Crippen LogP contribution is 2.25. The fourth-order valence-electron chi connectivity index (χ4n) is 2.75. The Kier molecular flexibility index (Phi) is 4.60. The van der Waals surface area contributed by atoms with Crippen LogP contribution in [0.3, 0.4) is 0 Å². The number of anilines is 1. The van der Waals surface area contributed by atoms with Crippen molar-refractivity contribution in [2.75, 3.05) is 5.32 Å².